The van der Waals surface area contributed by atoms with Gasteiger partial charge >= 0.3 is 18.2 Å². The van der Waals surface area contributed by atoms with Crippen LogP contribution in [0, 0.1) is 11.3 Å². The van der Waals surface area contributed by atoms with Gasteiger partial charge in [0.2, 0.25) is 0 Å². The van der Waals surface area contributed by atoms with Crippen LogP contribution in [0.4, 0.5) is 9.59 Å². The first-order chi connectivity index (χ1) is 16.8. The van der Waals surface area contributed by atoms with Gasteiger partial charge in [-0.15, -0.1) is 0 Å². The highest BCUT2D eigenvalue weighted by molar-refractivity contribution is 8.76. The molecule has 0 spiro atoms. The molecule has 11 heteroatoms. The molecular weight excluding hydrogens is 494 g/mol. The van der Waals surface area contributed by atoms with Crippen molar-refractivity contribution in [2.24, 2.45) is 11.3 Å². The lowest BCUT2D eigenvalue weighted by atomic mass is 9.72. The molecule has 0 unspecified atom stereocenters. The lowest BCUT2D eigenvalue weighted by Crippen LogP contribution is -2.40. The summed E-state index contributed by atoms with van der Waals surface area (Å²) in [6, 6.07) is 0. The highest BCUT2D eigenvalue weighted by Crippen LogP contribution is 2.38. The van der Waals surface area contributed by atoms with E-state index in [2.05, 4.69) is 5.32 Å². The lowest BCUT2D eigenvalue weighted by Gasteiger charge is -2.36. The van der Waals surface area contributed by atoms with Crippen molar-refractivity contribution in [2.75, 3.05) is 37.9 Å². The van der Waals surface area contributed by atoms with Crippen LogP contribution in [0.2, 0.25) is 0 Å². The van der Waals surface area contributed by atoms with E-state index in [1.807, 2.05) is 13.8 Å². The molecule has 202 valence electrons. The Kier molecular flexibility index (Phi) is 16.7. The topological polar surface area (TPSA) is 128 Å². The first kappa shape index (κ1) is 31.4. The van der Waals surface area contributed by atoms with Crippen LogP contribution in [0.5, 0.6) is 0 Å². The molecule has 1 rings (SSSR count). The summed E-state index contributed by atoms with van der Waals surface area (Å²) in [7, 11) is 2.95. The number of hydrogen-bond donors (Lipinski definition) is 2. The van der Waals surface area contributed by atoms with E-state index in [9.17, 15) is 24.3 Å². The van der Waals surface area contributed by atoms with Gasteiger partial charge in [0.15, 0.2) is 12.4 Å². The molecule has 0 bridgehead atoms. The third-order valence-corrected chi connectivity index (χ3v) is 8.31. The minimum absolute atomic E-state index is 0.0595. The van der Waals surface area contributed by atoms with Crippen LogP contribution < -0.4 is 5.32 Å². The number of rotatable bonds is 18. The van der Waals surface area contributed by atoms with Crippen LogP contribution in [0.15, 0.2) is 0 Å². The Bertz CT molecular complexity index is 649. The average molecular weight is 536 g/mol. The smallest absolute Gasteiger partial charge is 0.481 e. The summed E-state index contributed by atoms with van der Waals surface area (Å²) in [5, 5.41) is 11.9. The second-order valence-electron chi connectivity index (χ2n) is 8.89. The molecule has 1 amide bonds. The zero-order valence-corrected chi connectivity index (χ0v) is 22.6. The van der Waals surface area contributed by atoms with Gasteiger partial charge in [-0.05, 0) is 31.1 Å². The number of ketones is 1. The van der Waals surface area contributed by atoms with Crippen LogP contribution >= 0.6 is 21.6 Å². The van der Waals surface area contributed by atoms with Crippen molar-refractivity contribution in [2.45, 2.75) is 78.1 Å². The number of carbonyl (C=O) groups is 4. The zero-order chi connectivity index (χ0) is 25.9. The van der Waals surface area contributed by atoms with Crippen LogP contribution in [-0.2, 0) is 23.8 Å². The van der Waals surface area contributed by atoms with Gasteiger partial charge in [-0.25, -0.2) is 9.59 Å². The molecule has 0 heterocycles. The molecule has 0 aromatic heterocycles. The van der Waals surface area contributed by atoms with Gasteiger partial charge in [-0.3, -0.25) is 9.59 Å². The molecule has 1 aliphatic rings. The first-order valence-corrected chi connectivity index (χ1v) is 15.0. The van der Waals surface area contributed by atoms with E-state index in [0.717, 1.165) is 57.8 Å². The molecule has 0 aromatic carbocycles. The fourth-order valence-electron chi connectivity index (χ4n) is 4.25. The van der Waals surface area contributed by atoms with Crippen molar-refractivity contribution in [1.82, 2.24) is 5.32 Å². The molecule has 0 aliphatic heterocycles. The Morgan fingerprint density at radius 1 is 0.914 bits per heavy atom. The summed E-state index contributed by atoms with van der Waals surface area (Å²) in [5.41, 5.74) is -0.380. The molecule has 1 fully saturated rings. The van der Waals surface area contributed by atoms with Gasteiger partial charge in [-0.2, -0.15) is 0 Å². The van der Waals surface area contributed by atoms with E-state index in [-0.39, 0.29) is 43.4 Å². The van der Waals surface area contributed by atoms with Gasteiger partial charge in [0.25, 0.3) is 0 Å². The van der Waals surface area contributed by atoms with Crippen molar-refractivity contribution in [3.05, 3.63) is 0 Å². The van der Waals surface area contributed by atoms with E-state index < -0.39 is 18.2 Å². The molecule has 0 atom stereocenters. The highest BCUT2D eigenvalue weighted by Gasteiger charge is 2.34. The minimum atomic E-state index is -0.839. The Morgan fingerprint density at radius 3 is 2.09 bits per heavy atom. The second-order valence-corrected chi connectivity index (χ2v) is 11.6. The number of carbonyl (C=O) groups excluding carboxylic acids is 3. The predicted molar refractivity (Wildman–Crippen MR) is 138 cm³/mol. The minimum Gasteiger partial charge on any atom is -0.481 e. The van der Waals surface area contributed by atoms with Crippen LogP contribution in [0.25, 0.3) is 0 Å². The number of carboxylic acids is 1. The van der Waals surface area contributed by atoms with E-state index >= 15 is 0 Å². The summed E-state index contributed by atoms with van der Waals surface area (Å²) in [6.07, 6.45) is 6.79. The number of carboxylic acid groups (broad SMARTS) is 1. The Hall–Kier alpha value is -1.62. The number of hydrogen-bond acceptors (Lipinski definition) is 9. The highest BCUT2D eigenvalue weighted by atomic mass is 33.1. The standard InChI is InChI=1S/C24H41NO8S2/c1-3-8-19(9-4-2)20(26)17-33-23(30)32-13-15-35-34-14-12-31-22(29)25-18-24(16-21(27)28)10-6-5-7-11-24/h19H,3-18H2,1-2H3,(H,25,29)(H,27,28). The number of nitrogens with one attached hydrogen (secondary N) is 1. The summed E-state index contributed by atoms with van der Waals surface area (Å²) >= 11 is 0. The normalized spacial score (nSPS) is 14.8. The molecule has 0 radical (unpaired) electrons. The van der Waals surface area contributed by atoms with Gasteiger partial charge < -0.3 is 24.6 Å². The number of alkyl carbamates (subject to hydrolysis) is 1. The average Bonchev–Trinajstić information content (AvgIpc) is 2.83. The fourth-order valence-corrected chi connectivity index (χ4v) is 5.90. The quantitative estimate of drug-likeness (QED) is 0.133. The number of aliphatic carboxylic acids is 1. The fraction of sp³-hybridized carbons (Fsp3) is 0.833. The molecule has 0 aromatic rings. The molecule has 9 nitrogen and oxygen atoms in total. The van der Waals surface area contributed by atoms with Crippen molar-refractivity contribution in [1.29, 1.82) is 0 Å². The molecule has 1 aliphatic carbocycles. The zero-order valence-electron chi connectivity index (χ0n) is 21.0. The van der Waals surface area contributed by atoms with Gasteiger partial charge in [-0.1, -0.05) is 67.5 Å². The van der Waals surface area contributed by atoms with Gasteiger partial charge in [0.1, 0.15) is 13.2 Å². The molecule has 2 N–H and O–H groups in total. The Balaban J connectivity index is 2.07. The molecular formula is C24H41NO8S2. The Labute approximate surface area is 216 Å². The Morgan fingerprint density at radius 2 is 1.51 bits per heavy atom. The van der Waals surface area contributed by atoms with Gasteiger partial charge in [0, 0.05) is 24.0 Å². The summed E-state index contributed by atoms with van der Waals surface area (Å²) in [5.74, 6) is 0.135. The molecule has 0 saturated heterocycles. The van der Waals surface area contributed by atoms with Crippen LogP contribution in [0.3, 0.4) is 0 Å². The maximum Gasteiger partial charge on any atom is 0.508 e. The van der Waals surface area contributed by atoms with E-state index in [1.54, 1.807) is 0 Å². The largest absolute Gasteiger partial charge is 0.508 e. The van der Waals surface area contributed by atoms with E-state index in [0.29, 0.717) is 18.1 Å². The maximum atomic E-state index is 12.1. The summed E-state index contributed by atoms with van der Waals surface area (Å²) in [4.78, 5) is 46.9. The molecule has 35 heavy (non-hydrogen) atoms. The van der Waals surface area contributed by atoms with Gasteiger partial charge in [0.05, 0.1) is 6.42 Å². The van der Waals surface area contributed by atoms with E-state index in [1.165, 1.54) is 21.6 Å². The second kappa shape index (κ2) is 18.6. The third kappa shape index (κ3) is 14.5. The van der Waals surface area contributed by atoms with Crippen LogP contribution in [-0.4, -0.2) is 67.0 Å². The van der Waals surface area contributed by atoms with Crippen molar-refractivity contribution >= 4 is 45.6 Å². The van der Waals surface area contributed by atoms with Crippen LogP contribution in [0.1, 0.15) is 78.1 Å². The first-order valence-electron chi connectivity index (χ1n) is 12.5. The number of ether oxygens (including phenoxy) is 3. The van der Waals surface area contributed by atoms with Crippen molar-refractivity contribution < 1.29 is 38.5 Å². The predicted octanol–water partition coefficient (Wildman–Crippen LogP) is 5.46. The molecule has 1 saturated carbocycles. The number of amides is 1. The monoisotopic (exact) mass is 535 g/mol. The van der Waals surface area contributed by atoms with E-state index in [4.69, 9.17) is 14.2 Å². The summed E-state index contributed by atoms with van der Waals surface area (Å²) < 4.78 is 15.1. The maximum absolute atomic E-state index is 12.1. The lowest BCUT2D eigenvalue weighted by molar-refractivity contribution is -0.140. The van der Waals surface area contributed by atoms with Crippen molar-refractivity contribution in [3.63, 3.8) is 0 Å². The number of Topliss-reactive ketones (excluding diaryl/α,β-unsaturated/α-hetero) is 1. The third-order valence-electron chi connectivity index (χ3n) is 5.98. The van der Waals surface area contributed by atoms with Crippen molar-refractivity contribution in [3.8, 4) is 0 Å². The summed E-state index contributed by atoms with van der Waals surface area (Å²) in [6.45, 7) is 4.50. The SMILES string of the molecule is CCCC(CCC)C(=O)COC(=O)OCCSSCCOC(=O)NCC1(CC(=O)O)CCCCC1.